The summed E-state index contributed by atoms with van der Waals surface area (Å²) in [5, 5.41) is 3.12. The van der Waals surface area contributed by atoms with E-state index in [-0.39, 0.29) is 17.9 Å². The van der Waals surface area contributed by atoms with Crippen LogP contribution in [0.4, 0.5) is 13.2 Å². The first-order valence-electron chi connectivity index (χ1n) is 8.45. The first kappa shape index (κ1) is 23.8. The van der Waals surface area contributed by atoms with Gasteiger partial charge in [0.2, 0.25) is 0 Å². The fraction of sp³-hybridized carbons (Fsp3) is 0.353. The molecule has 13 heteroatoms. The second-order valence-corrected chi connectivity index (χ2v) is 8.38. The maximum absolute atomic E-state index is 12.4. The van der Waals surface area contributed by atoms with Gasteiger partial charge in [0.25, 0.3) is 5.91 Å². The van der Waals surface area contributed by atoms with E-state index in [0.717, 1.165) is 0 Å². The van der Waals surface area contributed by atoms with Gasteiger partial charge >= 0.3 is 15.5 Å². The quantitative estimate of drug-likeness (QED) is 0.618. The number of aromatic nitrogens is 2. The van der Waals surface area contributed by atoms with Crippen LogP contribution < -0.4 is 14.8 Å². The zero-order valence-corrected chi connectivity index (χ0v) is 17.4. The molecular weight excluding hydrogens is 449 g/mol. The zero-order chi connectivity index (χ0) is 22.5. The lowest BCUT2D eigenvalue weighted by molar-refractivity contribution is -0.0451. The van der Waals surface area contributed by atoms with Gasteiger partial charge in [-0.3, -0.25) is 14.8 Å². The predicted octanol–water partition coefficient (Wildman–Crippen LogP) is 2.57. The molecule has 0 aliphatic carbocycles. The van der Waals surface area contributed by atoms with Crippen molar-refractivity contribution in [2.24, 2.45) is 0 Å². The third kappa shape index (κ3) is 6.54. The van der Waals surface area contributed by atoms with Crippen LogP contribution in [0.1, 0.15) is 28.7 Å². The summed E-state index contributed by atoms with van der Waals surface area (Å²) in [4.78, 5) is 20.5. The Labute approximate surface area is 175 Å². The minimum Gasteiger partial charge on any atom is -0.490 e. The number of alkyl halides is 3. The Morgan fingerprint density at radius 2 is 1.97 bits per heavy atom. The molecular formula is C17H18ClF3N4O4S. The van der Waals surface area contributed by atoms with Gasteiger partial charge in [-0.05, 0) is 32.0 Å². The number of rotatable bonds is 8. The summed E-state index contributed by atoms with van der Waals surface area (Å²) in [5.74, 6) is -0.374. The second-order valence-electron chi connectivity index (χ2n) is 6.23. The smallest absolute Gasteiger partial charge is 0.490 e. The summed E-state index contributed by atoms with van der Waals surface area (Å²) >= 11 is 5.75. The molecule has 0 aromatic carbocycles. The van der Waals surface area contributed by atoms with Crippen LogP contribution in [0.25, 0.3) is 0 Å². The lowest BCUT2D eigenvalue weighted by Crippen LogP contribution is -2.43. The highest BCUT2D eigenvalue weighted by atomic mass is 35.5. The van der Waals surface area contributed by atoms with Crippen LogP contribution in [-0.4, -0.2) is 42.4 Å². The molecule has 0 saturated heterocycles. The van der Waals surface area contributed by atoms with E-state index >= 15 is 0 Å². The molecule has 2 aromatic heterocycles. The molecule has 0 bridgehead atoms. The van der Waals surface area contributed by atoms with Gasteiger partial charge in [0.1, 0.15) is 12.4 Å². The first-order valence-corrected chi connectivity index (χ1v) is 10.3. The number of nitrogens with zero attached hydrogens (tertiary/aromatic N) is 2. The highest BCUT2D eigenvalue weighted by Crippen LogP contribution is 2.22. The van der Waals surface area contributed by atoms with Crippen LogP contribution in [0.3, 0.4) is 0 Å². The molecule has 0 fully saturated rings. The number of carbonyl (C=O) groups is 1. The average molecular weight is 467 g/mol. The zero-order valence-electron chi connectivity index (χ0n) is 15.8. The second kappa shape index (κ2) is 9.58. The molecule has 0 aliphatic rings. The van der Waals surface area contributed by atoms with Crippen LogP contribution >= 0.6 is 11.6 Å². The molecule has 0 spiro atoms. The third-order valence-corrected chi connectivity index (χ3v) is 5.23. The fourth-order valence-corrected chi connectivity index (χ4v) is 3.03. The molecule has 2 N–H and O–H groups in total. The molecule has 2 heterocycles. The number of nitrogens with one attached hydrogen (secondary N) is 2. The van der Waals surface area contributed by atoms with Crippen molar-refractivity contribution in [2.75, 3.05) is 6.61 Å². The summed E-state index contributed by atoms with van der Waals surface area (Å²) in [5.41, 5.74) is -4.26. The van der Waals surface area contributed by atoms with Crippen molar-refractivity contribution in [3.63, 3.8) is 0 Å². The molecule has 0 aliphatic heterocycles. The Morgan fingerprint density at radius 1 is 1.27 bits per heavy atom. The minimum absolute atomic E-state index is 0.0911. The van der Waals surface area contributed by atoms with E-state index in [0.29, 0.717) is 16.4 Å². The van der Waals surface area contributed by atoms with E-state index in [1.807, 2.05) is 0 Å². The maximum Gasteiger partial charge on any atom is 0.511 e. The van der Waals surface area contributed by atoms with Crippen molar-refractivity contribution < 1.29 is 31.1 Å². The predicted molar refractivity (Wildman–Crippen MR) is 102 cm³/mol. The molecule has 30 heavy (non-hydrogen) atoms. The van der Waals surface area contributed by atoms with Crippen LogP contribution in [0.15, 0.2) is 30.6 Å². The monoisotopic (exact) mass is 466 g/mol. The largest absolute Gasteiger partial charge is 0.511 e. The van der Waals surface area contributed by atoms with Crippen molar-refractivity contribution in [1.82, 2.24) is 20.0 Å². The number of carbonyl (C=O) groups excluding carboxylic acids is 1. The molecule has 8 nitrogen and oxygen atoms in total. The highest BCUT2D eigenvalue weighted by Gasteiger charge is 2.46. The Bertz CT molecular complexity index is 1000. The van der Waals surface area contributed by atoms with Crippen LogP contribution in [0, 0.1) is 6.92 Å². The van der Waals surface area contributed by atoms with Crippen LogP contribution in [-0.2, 0) is 16.6 Å². The van der Waals surface area contributed by atoms with Crippen molar-refractivity contribution >= 4 is 27.5 Å². The molecule has 1 amide bonds. The molecule has 0 radical (unpaired) electrons. The Hall–Kier alpha value is -2.44. The van der Waals surface area contributed by atoms with E-state index in [1.54, 1.807) is 19.1 Å². The maximum atomic E-state index is 12.4. The van der Waals surface area contributed by atoms with Gasteiger partial charge in [-0.2, -0.15) is 13.2 Å². The van der Waals surface area contributed by atoms with Gasteiger partial charge in [0.15, 0.2) is 0 Å². The SMILES string of the molecule is Cc1ncc(OC[C@H](C)NS(=O)(=O)C(F)(F)F)cc1C(=O)NCc1ccc(Cl)cn1. The average Bonchev–Trinajstić information content (AvgIpc) is 2.65. The molecule has 0 unspecified atom stereocenters. The number of halogens is 4. The number of aryl methyl sites for hydroxylation is 1. The van der Waals surface area contributed by atoms with Crippen molar-refractivity contribution in [2.45, 2.75) is 31.9 Å². The highest BCUT2D eigenvalue weighted by molar-refractivity contribution is 7.90. The Kier molecular flexibility index (Phi) is 7.61. The number of ether oxygens (including phenoxy) is 1. The van der Waals surface area contributed by atoms with Crippen molar-refractivity contribution in [3.8, 4) is 5.75 Å². The summed E-state index contributed by atoms with van der Waals surface area (Å²) in [7, 11) is -5.49. The van der Waals surface area contributed by atoms with Crippen LogP contribution in [0.2, 0.25) is 5.02 Å². The molecule has 2 aromatic rings. The Balaban J connectivity index is 1.98. The van der Waals surface area contributed by atoms with Gasteiger partial charge in [-0.15, -0.1) is 0 Å². The summed E-state index contributed by atoms with van der Waals surface area (Å²) in [6.07, 6.45) is 2.72. The summed E-state index contributed by atoms with van der Waals surface area (Å²) < 4.78 is 66.2. The molecule has 0 saturated carbocycles. The van der Waals surface area contributed by atoms with E-state index < -0.39 is 34.1 Å². The normalized spacial score (nSPS) is 13.0. The van der Waals surface area contributed by atoms with E-state index in [9.17, 15) is 26.4 Å². The topological polar surface area (TPSA) is 110 Å². The first-order chi connectivity index (χ1) is 13.9. The van der Waals surface area contributed by atoms with Gasteiger partial charge < -0.3 is 10.1 Å². The van der Waals surface area contributed by atoms with Gasteiger partial charge in [-0.25, -0.2) is 13.1 Å². The van der Waals surface area contributed by atoms with Crippen molar-refractivity contribution in [1.29, 1.82) is 0 Å². The summed E-state index contributed by atoms with van der Waals surface area (Å²) in [6.45, 7) is 2.53. The van der Waals surface area contributed by atoms with Crippen molar-refractivity contribution in [3.05, 3.63) is 52.6 Å². The molecule has 164 valence electrons. The fourth-order valence-electron chi connectivity index (χ4n) is 2.19. The number of amides is 1. The van der Waals surface area contributed by atoms with E-state index in [1.165, 1.54) is 30.1 Å². The van der Waals surface area contributed by atoms with E-state index in [4.69, 9.17) is 16.3 Å². The summed E-state index contributed by atoms with van der Waals surface area (Å²) in [6, 6.07) is 3.46. The van der Waals surface area contributed by atoms with Gasteiger partial charge in [0, 0.05) is 6.20 Å². The lowest BCUT2D eigenvalue weighted by Gasteiger charge is -2.17. The molecule has 1 atom stereocenters. The van der Waals surface area contributed by atoms with Crippen LogP contribution in [0.5, 0.6) is 5.75 Å². The number of sulfonamides is 1. The number of hydrogen-bond acceptors (Lipinski definition) is 6. The lowest BCUT2D eigenvalue weighted by atomic mass is 10.2. The van der Waals surface area contributed by atoms with E-state index in [2.05, 4.69) is 15.3 Å². The standard InChI is InChI=1S/C17H18ClF3N4O4S/c1-10(25-30(27,28)17(19,20)21)9-29-14-5-15(11(2)22-8-14)16(26)24-7-13-4-3-12(18)6-23-13/h3-6,8,10,25H,7,9H2,1-2H3,(H,24,26)/t10-/m0/s1. The number of hydrogen-bond donors (Lipinski definition) is 2. The van der Waals surface area contributed by atoms with Gasteiger partial charge in [-0.1, -0.05) is 11.6 Å². The number of pyridine rings is 2. The Morgan fingerprint density at radius 3 is 2.57 bits per heavy atom. The van der Waals surface area contributed by atoms with Gasteiger partial charge in [0.05, 0.1) is 40.8 Å². The minimum atomic E-state index is -5.49. The molecule has 2 rings (SSSR count). The third-order valence-electron chi connectivity index (χ3n) is 3.69.